The van der Waals surface area contributed by atoms with Crippen LogP contribution in [0.4, 0.5) is 5.82 Å². The molecule has 7 heteroatoms. The topological polar surface area (TPSA) is 62.2 Å². The number of likely N-dealkylation sites (tertiary alicyclic amines) is 1. The van der Waals surface area contributed by atoms with Crippen molar-refractivity contribution in [3.63, 3.8) is 0 Å². The Morgan fingerprint density at radius 3 is 2.81 bits per heavy atom. The molecule has 2 aliphatic rings. The molecule has 3 aromatic heterocycles. The van der Waals surface area contributed by atoms with Gasteiger partial charge < -0.3 is 9.80 Å². The third kappa shape index (κ3) is 4.03. The molecule has 2 saturated heterocycles. The molecular weight excluding hydrogens is 406 g/mol. The van der Waals surface area contributed by atoms with Gasteiger partial charge in [0.2, 0.25) is 5.91 Å². The lowest BCUT2D eigenvalue weighted by Crippen LogP contribution is -2.45. The van der Waals surface area contributed by atoms with Crippen molar-refractivity contribution < 1.29 is 4.79 Å². The molecule has 1 atom stereocenters. The van der Waals surface area contributed by atoms with Crippen molar-refractivity contribution in [2.24, 2.45) is 5.92 Å². The van der Waals surface area contributed by atoms with E-state index in [1.165, 1.54) is 16.9 Å². The number of nitrogens with zero attached hydrogens (tertiary/aromatic N) is 5. The number of pyridine rings is 1. The van der Waals surface area contributed by atoms with Gasteiger partial charge in [0.1, 0.15) is 17.0 Å². The molecule has 0 aliphatic carbocycles. The lowest BCUT2D eigenvalue weighted by Gasteiger charge is -2.40. The van der Waals surface area contributed by atoms with Crippen LogP contribution in [-0.4, -0.2) is 45.4 Å². The Bertz CT molecular complexity index is 1040. The van der Waals surface area contributed by atoms with Crippen LogP contribution in [0.2, 0.25) is 0 Å². The lowest BCUT2D eigenvalue weighted by molar-refractivity contribution is -0.140. The maximum Gasteiger partial charge on any atom is 0.226 e. The molecule has 162 valence electrons. The fraction of sp³-hybridized carbons (Fsp3) is 0.500. The number of thiophene rings is 1. The zero-order chi connectivity index (χ0) is 21.2. The molecule has 0 unspecified atom stereocenters. The number of hydrogen-bond donors (Lipinski definition) is 0. The van der Waals surface area contributed by atoms with Crippen LogP contribution in [0.5, 0.6) is 0 Å². The minimum absolute atomic E-state index is 0.0968. The van der Waals surface area contributed by atoms with E-state index in [1.54, 1.807) is 23.9 Å². The standard InChI is InChI=1S/C24H29N5OS/c1-2-19-14-20-22(26-16-27-23(20)31-19)28-12-8-17(9-13-28)24(30)29-11-4-3-7-21(29)18-6-5-10-25-15-18/h5-6,10,14-17,21H,2-4,7-9,11-13H2,1H3/t21-/m0/s1. The Morgan fingerprint density at radius 1 is 1.16 bits per heavy atom. The molecule has 6 nitrogen and oxygen atoms in total. The summed E-state index contributed by atoms with van der Waals surface area (Å²) in [6.07, 6.45) is 11.5. The average Bonchev–Trinajstić information content (AvgIpc) is 3.28. The minimum atomic E-state index is 0.0968. The number of fused-ring (bicyclic) bond motifs is 1. The van der Waals surface area contributed by atoms with Crippen LogP contribution in [0.1, 0.15) is 55.5 Å². The van der Waals surface area contributed by atoms with E-state index in [0.717, 1.165) is 67.8 Å². The van der Waals surface area contributed by atoms with E-state index in [-0.39, 0.29) is 12.0 Å². The van der Waals surface area contributed by atoms with Crippen LogP contribution < -0.4 is 4.90 Å². The first-order chi connectivity index (χ1) is 15.2. The van der Waals surface area contributed by atoms with Gasteiger partial charge in [0.25, 0.3) is 0 Å². The van der Waals surface area contributed by atoms with E-state index >= 15 is 0 Å². The molecule has 0 saturated carbocycles. The molecule has 5 heterocycles. The highest BCUT2D eigenvalue weighted by atomic mass is 32.1. The first kappa shape index (κ1) is 20.4. The molecule has 2 aliphatic heterocycles. The number of rotatable bonds is 4. The summed E-state index contributed by atoms with van der Waals surface area (Å²) in [7, 11) is 0. The maximum absolute atomic E-state index is 13.5. The lowest BCUT2D eigenvalue weighted by atomic mass is 9.90. The third-order valence-corrected chi connectivity index (χ3v) is 7.89. The minimum Gasteiger partial charge on any atom is -0.356 e. The third-order valence-electron chi connectivity index (χ3n) is 6.71. The van der Waals surface area contributed by atoms with Gasteiger partial charge in [0.05, 0.1) is 11.4 Å². The SMILES string of the molecule is CCc1cc2c(N3CCC(C(=O)N4CCCC[C@H]4c4cccnc4)CC3)ncnc2s1. The van der Waals surface area contributed by atoms with Crippen LogP contribution in [-0.2, 0) is 11.2 Å². The number of aryl methyl sites for hydroxylation is 1. The molecule has 0 radical (unpaired) electrons. The van der Waals surface area contributed by atoms with Crippen LogP contribution in [0.3, 0.4) is 0 Å². The summed E-state index contributed by atoms with van der Waals surface area (Å²) in [4.78, 5) is 33.7. The molecule has 0 spiro atoms. The first-order valence-electron chi connectivity index (χ1n) is 11.4. The highest BCUT2D eigenvalue weighted by molar-refractivity contribution is 7.18. The second kappa shape index (κ2) is 8.91. The van der Waals surface area contributed by atoms with Gasteiger partial charge in [-0.15, -0.1) is 11.3 Å². The molecule has 5 rings (SSSR count). The van der Waals surface area contributed by atoms with Crippen molar-refractivity contribution in [3.8, 4) is 0 Å². The Hall–Kier alpha value is -2.54. The molecule has 0 N–H and O–H groups in total. The van der Waals surface area contributed by atoms with E-state index in [1.807, 2.05) is 12.3 Å². The van der Waals surface area contributed by atoms with Crippen molar-refractivity contribution in [2.45, 2.75) is 51.5 Å². The normalized spacial score (nSPS) is 20.4. The molecule has 0 aromatic carbocycles. The number of aromatic nitrogens is 3. The number of hydrogen-bond acceptors (Lipinski definition) is 6. The number of carbonyl (C=O) groups excluding carboxylic acids is 1. The van der Waals surface area contributed by atoms with Gasteiger partial charge in [0.15, 0.2) is 0 Å². The quantitative estimate of drug-likeness (QED) is 0.598. The highest BCUT2D eigenvalue weighted by Gasteiger charge is 2.34. The fourth-order valence-corrected chi connectivity index (χ4v) is 5.94. The molecule has 0 bridgehead atoms. The second-order valence-corrected chi connectivity index (χ2v) is 9.69. The van der Waals surface area contributed by atoms with Crippen LogP contribution >= 0.6 is 11.3 Å². The second-order valence-electron chi connectivity index (χ2n) is 8.57. The molecule has 2 fully saturated rings. The van der Waals surface area contributed by atoms with Crippen LogP contribution in [0, 0.1) is 5.92 Å². The average molecular weight is 436 g/mol. The van der Waals surface area contributed by atoms with E-state index in [9.17, 15) is 4.79 Å². The Kier molecular flexibility index (Phi) is 5.85. The van der Waals surface area contributed by atoms with Gasteiger partial charge in [-0.25, -0.2) is 9.97 Å². The highest BCUT2D eigenvalue weighted by Crippen LogP contribution is 2.35. The van der Waals surface area contributed by atoms with Crippen molar-refractivity contribution in [2.75, 3.05) is 24.5 Å². The zero-order valence-corrected chi connectivity index (χ0v) is 18.9. The van der Waals surface area contributed by atoms with Gasteiger partial charge >= 0.3 is 0 Å². The Balaban J connectivity index is 1.29. The summed E-state index contributed by atoms with van der Waals surface area (Å²) in [6.45, 7) is 4.77. The number of carbonyl (C=O) groups is 1. The first-order valence-corrected chi connectivity index (χ1v) is 12.2. The van der Waals surface area contributed by atoms with Crippen molar-refractivity contribution >= 4 is 33.3 Å². The number of amides is 1. The molecular formula is C24H29N5OS. The smallest absolute Gasteiger partial charge is 0.226 e. The summed E-state index contributed by atoms with van der Waals surface area (Å²) < 4.78 is 0. The van der Waals surface area contributed by atoms with Gasteiger partial charge in [0, 0.05) is 42.8 Å². The van der Waals surface area contributed by atoms with Crippen molar-refractivity contribution in [3.05, 3.63) is 47.4 Å². The Morgan fingerprint density at radius 2 is 2.03 bits per heavy atom. The Labute approximate surface area is 187 Å². The largest absolute Gasteiger partial charge is 0.356 e. The van der Waals surface area contributed by atoms with Gasteiger partial charge in [-0.3, -0.25) is 9.78 Å². The molecule has 3 aromatic rings. The predicted octanol–water partition coefficient (Wildman–Crippen LogP) is 4.62. The van der Waals surface area contributed by atoms with Crippen molar-refractivity contribution in [1.82, 2.24) is 19.9 Å². The molecule has 31 heavy (non-hydrogen) atoms. The monoisotopic (exact) mass is 435 g/mol. The van der Waals surface area contributed by atoms with Crippen LogP contribution in [0.25, 0.3) is 10.2 Å². The summed E-state index contributed by atoms with van der Waals surface area (Å²) >= 11 is 1.75. The maximum atomic E-state index is 13.5. The van der Waals surface area contributed by atoms with Crippen LogP contribution in [0.15, 0.2) is 36.9 Å². The summed E-state index contributed by atoms with van der Waals surface area (Å²) in [5.41, 5.74) is 1.17. The summed E-state index contributed by atoms with van der Waals surface area (Å²) in [5.74, 6) is 1.45. The molecule has 1 amide bonds. The van der Waals surface area contributed by atoms with Crippen molar-refractivity contribution in [1.29, 1.82) is 0 Å². The fourth-order valence-electron chi connectivity index (χ4n) is 5.01. The van der Waals surface area contributed by atoms with Gasteiger partial charge in [-0.1, -0.05) is 13.0 Å². The summed E-state index contributed by atoms with van der Waals surface area (Å²) in [6, 6.07) is 6.49. The van der Waals surface area contributed by atoms with E-state index in [0.29, 0.717) is 5.91 Å². The van der Waals surface area contributed by atoms with Gasteiger partial charge in [-0.05, 0) is 56.2 Å². The van der Waals surface area contributed by atoms with E-state index in [4.69, 9.17) is 0 Å². The number of piperidine rings is 2. The van der Waals surface area contributed by atoms with E-state index < -0.39 is 0 Å². The van der Waals surface area contributed by atoms with Gasteiger partial charge in [-0.2, -0.15) is 0 Å². The predicted molar refractivity (Wildman–Crippen MR) is 124 cm³/mol. The summed E-state index contributed by atoms with van der Waals surface area (Å²) in [5, 5.41) is 1.15. The van der Waals surface area contributed by atoms with E-state index in [2.05, 4.69) is 43.8 Å². The number of anilines is 1. The zero-order valence-electron chi connectivity index (χ0n) is 18.0.